The number of nitrogens with zero attached hydrogens (tertiary/aromatic N) is 2. The zero-order valence-electron chi connectivity index (χ0n) is 9.44. The van der Waals surface area contributed by atoms with Crippen molar-refractivity contribution in [3.8, 4) is 11.4 Å². The molecule has 18 heavy (non-hydrogen) atoms. The molecule has 0 saturated carbocycles. The second-order valence-electron chi connectivity index (χ2n) is 4.14. The highest BCUT2D eigenvalue weighted by molar-refractivity contribution is 5.83. The number of aromatic amines is 2. The molecule has 0 spiro atoms. The van der Waals surface area contributed by atoms with Gasteiger partial charge < -0.3 is 9.97 Å². The quantitative estimate of drug-likeness (QED) is 0.531. The topological polar surface area (TPSA) is 57.4 Å². The first-order chi connectivity index (χ1) is 8.90. The summed E-state index contributed by atoms with van der Waals surface area (Å²) in [6.07, 6.45) is 1.67. The number of hydrogen-bond donors (Lipinski definition) is 2. The third-order valence-electron chi connectivity index (χ3n) is 2.98. The molecule has 2 N–H and O–H groups in total. The third kappa shape index (κ3) is 1.32. The summed E-state index contributed by atoms with van der Waals surface area (Å²) in [5.74, 6) is 0.827. The molecule has 2 heterocycles. The fraction of sp³-hybridized carbons (Fsp3) is 0. The van der Waals surface area contributed by atoms with Gasteiger partial charge in [-0.2, -0.15) is 0 Å². The van der Waals surface area contributed by atoms with Crippen molar-refractivity contribution in [2.24, 2.45) is 0 Å². The second-order valence-corrected chi connectivity index (χ2v) is 4.14. The van der Waals surface area contributed by atoms with Gasteiger partial charge in [0.15, 0.2) is 0 Å². The average molecular weight is 233 g/mol. The Morgan fingerprint density at radius 2 is 1.94 bits per heavy atom. The molecule has 4 nitrogen and oxygen atoms in total. The minimum absolute atomic E-state index is 0.827. The number of H-pyrrole nitrogens is 2. The Labute approximate surface area is 103 Å². The van der Waals surface area contributed by atoms with E-state index >= 15 is 0 Å². The Bertz CT molecular complexity index is 808. The Balaban J connectivity index is 1.94. The lowest BCUT2D eigenvalue weighted by atomic mass is 10.2. The van der Waals surface area contributed by atoms with Gasteiger partial charge in [-0.3, -0.25) is 0 Å². The number of benzene rings is 2. The minimum atomic E-state index is 0.827. The molecule has 2 aromatic carbocycles. The standard InChI is InChI=1S/C14H9N4/c1-2-4-12-11(3-1)17-14(18-12)9-5-6-10-13(7-9)16-8-15-10/h1-6,8H,(H,15,16)(H,17,18). The molecular formula is C14H9N4. The summed E-state index contributed by atoms with van der Waals surface area (Å²) in [5.41, 5.74) is 4.74. The van der Waals surface area contributed by atoms with Gasteiger partial charge in [-0.05, 0) is 24.3 Å². The largest absolute Gasteiger partial charge is 0.344 e. The van der Waals surface area contributed by atoms with E-state index in [9.17, 15) is 0 Å². The molecule has 4 heteroatoms. The highest BCUT2D eigenvalue weighted by Crippen LogP contribution is 2.22. The first-order valence-electron chi connectivity index (χ1n) is 5.71. The second kappa shape index (κ2) is 3.43. The Hall–Kier alpha value is -2.62. The van der Waals surface area contributed by atoms with Gasteiger partial charge in [0.05, 0.1) is 28.4 Å². The molecular weight excluding hydrogens is 224 g/mol. The van der Waals surface area contributed by atoms with E-state index in [0.717, 1.165) is 33.5 Å². The van der Waals surface area contributed by atoms with Crippen molar-refractivity contribution in [1.82, 2.24) is 19.9 Å². The van der Waals surface area contributed by atoms with Crippen LogP contribution in [0.5, 0.6) is 0 Å². The van der Waals surface area contributed by atoms with E-state index in [4.69, 9.17) is 0 Å². The molecule has 0 atom stereocenters. The van der Waals surface area contributed by atoms with Crippen molar-refractivity contribution in [3.05, 3.63) is 48.8 Å². The SMILES string of the molecule is [c]1c(-c2nc3ccccc3[nH]2)ccc2nc[nH]c12. The van der Waals surface area contributed by atoms with Crippen LogP contribution in [0.3, 0.4) is 0 Å². The number of para-hydroxylation sites is 2. The first-order valence-corrected chi connectivity index (χ1v) is 5.71. The molecule has 0 aliphatic heterocycles. The predicted molar refractivity (Wildman–Crippen MR) is 70.0 cm³/mol. The van der Waals surface area contributed by atoms with Crippen molar-refractivity contribution in [1.29, 1.82) is 0 Å². The minimum Gasteiger partial charge on any atom is -0.344 e. The lowest BCUT2D eigenvalue weighted by Crippen LogP contribution is -1.81. The van der Waals surface area contributed by atoms with Gasteiger partial charge in [-0.15, -0.1) is 0 Å². The Kier molecular flexibility index (Phi) is 1.80. The van der Waals surface area contributed by atoms with Gasteiger partial charge in [0.25, 0.3) is 0 Å². The highest BCUT2D eigenvalue weighted by Gasteiger charge is 2.06. The Morgan fingerprint density at radius 1 is 1.00 bits per heavy atom. The summed E-state index contributed by atoms with van der Waals surface area (Å²) < 4.78 is 0. The van der Waals surface area contributed by atoms with E-state index in [0.29, 0.717) is 0 Å². The van der Waals surface area contributed by atoms with E-state index in [1.807, 2.05) is 36.4 Å². The maximum absolute atomic E-state index is 4.55. The highest BCUT2D eigenvalue weighted by atomic mass is 14.9. The van der Waals surface area contributed by atoms with Gasteiger partial charge >= 0.3 is 0 Å². The molecule has 0 bridgehead atoms. The van der Waals surface area contributed by atoms with Gasteiger partial charge in [-0.25, -0.2) is 9.97 Å². The van der Waals surface area contributed by atoms with E-state index in [1.54, 1.807) is 6.33 Å². The van der Waals surface area contributed by atoms with Gasteiger partial charge in [0.1, 0.15) is 5.82 Å². The molecule has 0 amide bonds. The fourth-order valence-corrected chi connectivity index (χ4v) is 2.09. The summed E-state index contributed by atoms with van der Waals surface area (Å²) in [7, 11) is 0. The van der Waals surface area contributed by atoms with E-state index < -0.39 is 0 Å². The maximum atomic E-state index is 4.55. The molecule has 0 saturated heterocycles. The summed E-state index contributed by atoms with van der Waals surface area (Å²) in [4.78, 5) is 15.1. The van der Waals surface area contributed by atoms with Crippen LogP contribution in [-0.2, 0) is 0 Å². The molecule has 2 aromatic heterocycles. The van der Waals surface area contributed by atoms with Crippen LogP contribution in [0, 0.1) is 6.07 Å². The van der Waals surface area contributed by atoms with E-state index in [-0.39, 0.29) is 0 Å². The summed E-state index contributed by atoms with van der Waals surface area (Å²) in [6, 6.07) is 15.2. The third-order valence-corrected chi connectivity index (χ3v) is 2.98. The van der Waals surface area contributed by atoms with Crippen LogP contribution in [-0.4, -0.2) is 19.9 Å². The van der Waals surface area contributed by atoms with Crippen molar-refractivity contribution >= 4 is 22.1 Å². The summed E-state index contributed by atoms with van der Waals surface area (Å²) >= 11 is 0. The molecule has 1 radical (unpaired) electrons. The van der Waals surface area contributed by atoms with Gasteiger partial charge in [-0.1, -0.05) is 12.1 Å². The number of fused-ring (bicyclic) bond motifs is 2. The number of imidazole rings is 2. The Morgan fingerprint density at radius 3 is 2.89 bits per heavy atom. The van der Waals surface area contributed by atoms with Crippen LogP contribution in [0.25, 0.3) is 33.5 Å². The number of aromatic nitrogens is 4. The van der Waals surface area contributed by atoms with E-state index in [1.165, 1.54) is 0 Å². The number of rotatable bonds is 1. The molecule has 0 aliphatic rings. The number of hydrogen-bond acceptors (Lipinski definition) is 2. The van der Waals surface area contributed by atoms with Crippen LogP contribution in [0.15, 0.2) is 42.7 Å². The molecule has 0 unspecified atom stereocenters. The predicted octanol–water partition coefficient (Wildman–Crippen LogP) is 2.91. The fourth-order valence-electron chi connectivity index (χ4n) is 2.09. The lowest BCUT2D eigenvalue weighted by molar-refractivity contribution is 1.33. The van der Waals surface area contributed by atoms with Crippen LogP contribution >= 0.6 is 0 Å². The van der Waals surface area contributed by atoms with Crippen molar-refractivity contribution < 1.29 is 0 Å². The maximum Gasteiger partial charge on any atom is 0.139 e. The molecule has 0 aliphatic carbocycles. The van der Waals surface area contributed by atoms with Crippen LogP contribution in [0.2, 0.25) is 0 Å². The molecule has 85 valence electrons. The van der Waals surface area contributed by atoms with Crippen molar-refractivity contribution in [2.75, 3.05) is 0 Å². The monoisotopic (exact) mass is 233 g/mol. The molecule has 4 rings (SSSR count). The zero-order chi connectivity index (χ0) is 11.9. The van der Waals surface area contributed by atoms with Gasteiger partial charge in [0, 0.05) is 11.6 Å². The average Bonchev–Trinajstić information content (AvgIpc) is 3.04. The summed E-state index contributed by atoms with van der Waals surface area (Å²) in [5, 5.41) is 0. The van der Waals surface area contributed by atoms with Crippen molar-refractivity contribution in [2.45, 2.75) is 0 Å². The zero-order valence-corrected chi connectivity index (χ0v) is 9.44. The number of nitrogens with one attached hydrogen (secondary N) is 2. The van der Waals surface area contributed by atoms with Crippen molar-refractivity contribution in [3.63, 3.8) is 0 Å². The summed E-state index contributed by atoms with van der Waals surface area (Å²) in [6.45, 7) is 0. The van der Waals surface area contributed by atoms with E-state index in [2.05, 4.69) is 26.0 Å². The molecule has 4 aromatic rings. The van der Waals surface area contributed by atoms with Gasteiger partial charge in [0.2, 0.25) is 0 Å². The lowest BCUT2D eigenvalue weighted by Gasteiger charge is -1.95. The van der Waals surface area contributed by atoms with Crippen LogP contribution in [0.4, 0.5) is 0 Å². The normalized spacial score (nSPS) is 11.3. The molecule has 0 fully saturated rings. The van der Waals surface area contributed by atoms with Crippen LogP contribution in [0.1, 0.15) is 0 Å². The van der Waals surface area contributed by atoms with Crippen LogP contribution < -0.4 is 0 Å². The first kappa shape index (κ1) is 9.41. The smallest absolute Gasteiger partial charge is 0.139 e.